The zero-order valence-corrected chi connectivity index (χ0v) is 12.7. The van der Waals surface area contributed by atoms with Crippen molar-refractivity contribution in [2.75, 3.05) is 31.0 Å². The second-order valence-electron chi connectivity index (χ2n) is 5.47. The number of nitrogens with one attached hydrogen (secondary N) is 2. The second-order valence-corrected chi connectivity index (χ2v) is 7.14. The summed E-state index contributed by atoms with van der Waals surface area (Å²) in [7, 11) is -3.49. The van der Waals surface area contributed by atoms with Crippen LogP contribution in [0.25, 0.3) is 0 Å². The van der Waals surface area contributed by atoms with Gasteiger partial charge in [-0.1, -0.05) is 12.1 Å². The number of hydrogen-bond acceptors (Lipinski definition) is 4. The summed E-state index contributed by atoms with van der Waals surface area (Å²) < 4.78 is 33.8. The third-order valence-corrected chi connectivity index (χ3v) is 5.19. The predicted molar refractivity (Wildman–Crippen MR) is 81.2 cm³/mol. The van der Waals surface area contributed by atoms with Gasteiger partial charge in [0.25, 0.3) is 0 Å². The summed E-state index contributed by atoms with van der Waals surface area (Å²) in [5, 5.41) is 3.42. The van der Waals surface area contributed by atoms with Crippen molar-refractivity contribution in [1.82, 2.24) is 9.62 Å². The molecule has 1 heterocycles. The molecule has 0 spiro atoms. The van der Waals surface area contributed by atoms with Crippen LogP contribution in [0.5, 0.6) is 0 Å². The number of nitrogens with zero attached hydrogens (tertiary/aromatic N) is 1. The highest BCUT2D eigenvalue weighted by atomic mass is 32.2. The van der Waals surface area contributed by atoms with E-state index in [-0.39, 0.29) is 0 Å². The van der Waals surface area contributed by atoms with E-state index in [4.69, 9.17) is 4.74 Å². The molecule has 7 heteroatoms. The van der Waals surface area contributed by atoms with Gasteiger partial charge in [0.15, 0.2) is 0 Å². The van der Waals surface area contributed by atoms with Gasteiger partial charge in [0.2, 0.25) is 0 Å². The molecule has 1 aromatic carbocycles. The molecule has 0 unspecified atom stereocenters. The van der Waals surface area contributed by atoms with Gasteiger partial charge in [0.05, 0.1) is 18.9 Å². The number of anilines is 1. The normalized spacial score (nSPS) is 20.4. The third kappa shape index (κ3) is 4.16. The molecule has 0 bridgehead atoms. The Morgan fingerprint density at radius 2 is 2.00 bits per heavy atom. The van der Waals surface area contributed by atoms with Crippen LogP contribution in [0, 0.1) is 0 Å². The fraction of sp³-hybridized carbons (Fsp3) is 0.571. The van der Waals surface area contributed by atoms with Gasteiger partial charge in [0, 0.05) is 25.7 Å². The van der Waals surface area contributed by atoms with Crippen molar-refractivity contribution in [3.05, 3.63) is 29.8 Å². The molecule has 3 rings (SSSR count). The van der Waals surface area contributed by atoms with Gasteiger partial charge in [-0.25, -0.2) is 0 Å². The monoisotopic (exact) mass is 311 g/mol. The lowest BCUT2D eigenvalue weighted by Gasteiger charge is -2.26. The minimum atomic E-state index is -3.49. The van der Waals surface area contributed by atoms with Crippen LogP contribution < -0.4 is 10.0 Å². The minimum Gasteiger partial charge on any atom is -0.379 e. The van der Waals surface area contributed by atoms with Crippen LogP contribution in [0.15, 0.2) is 24.3 Å². The highest BCUT2D eigenvalue weighted by Gasteiger charge is 2.24. The van der Waals surface area contributed by atoms with Crippen molar-refractivity contribution >= 4 is 15.9 Å². The first-order valence-corrected chi connectivity index (χ1v) is 8.75. The third-order valence-electron chi connectivity index (χ3n) is 3.66. The number of benzene rings is 1. The Kier molecular flexibility index (Phi) is 4.44. The number of morpholine rings is 1. The molecule has 0 atom stereocenters. The van der Waals surface area contributed by atoms with Crippen LogP contribution in [0.1, 0.15) is 18.4 Å². The Bertz CT molecular complexity index is 581. The molecule has 1 saturated carbocycles. The van der Waals surface area contributed by atoms with Crippen LogP contribution in [0.3, 0.4) is 0 Å². The summed E-state index contributed by atoms with van der Waals surface area (Å²) in [6, 6.07) is 8.17. The van der Waals surface area contributed by atoms with Crippen LogP contribution in [-0.4, -0.2) is 45.1 Å². The van der Waals surface area contributed by atoms with Gasteiger partial charge in [-0.15, -0.1) is 0 Å². The summed E-state index contributed by atoms with van der Waals surface area (Å²) in [6.07, 6.45) is 2.48. The zero-order valence-electron chi connectivity index (χ0n) is 11.9. The van der Waals surface area contributed by atoms with Gasteiger partial charge < -0.3 is 10.1 Å². The standard InChI is InChI=1S/C14H21N3O3S/c18-21(19,17-6-8-20-9-7-17)16-14-3-1-2-12(10-14)11-15-13-4-5-13/h1-3,10,13,15-16H,4-9,11H2. The maximum atomic E-state index is 12.3. The van der Waals surface area contributed by atoms with E-state index in [2.05, 4.69) is 10.0 Å². The maximum Gasteiger partial charge on any atom is 0.301 e. The Morgan fingerprint density at radius 3 is 2.71 bits per heavy atom. The first-order valence-electron chi connectivity index (χ1n) is 7.31. The van der Waals surface area contributed by atoms with E-state index in [1.54, 1.807) is 6.07 Å². The summed E-state index contributed by atoms with van der Waals surface area (Å²) >= 11 is 0. The van der Waals surface area contributed by atoms with Crippen molar-refractivity contribution in [3.8, 4) is 0 Å². The molecule has 6 nitrogen and oxygen atoms in total. The Labute approximate surface area is 125 Å². The molecule has 1 aromatic rings. The molecule has 0 aromatic heterocycles. The van der Waals surface area contributed by atoms with E-state index in [0.717, 1.165) is 12.1 Å². The van der Waals surface area contributed by atoms with Crippen LogP contribution >= 0.6 is 0 Å². The van der Waals surface area contributed by atoms with Gasteiger partial charge in [-0.3, -0.25) is 4.72 Å². The molecular formula is C14H21N3O3S. The second kappa shape index (κ2) is 6.31. The van der Waals surface area contributed by atoms with Crippen molar-refractivity contribution in [2.45, 2.75) is 25.4 Å². The lowest BCUT2D eigenvalue weighted by atomic mass is 10.2. The van der Waals surface area contributed by atoms with Gasteiger partial charge >= 0.3 is 10.2 Å². The molecule has 116 valence electrons. The number of ether oxygens (including phenoxy) is 1. The first-order chi connectivity index (χ1) is 10.1. The summed E-state index contributed by atoms with van der Waals surface area (Å²) in [6.45, 7) is 2.48. The quantitative estimate of drug-likeness (QED) is 0.820. The average molecular weight is 311 g/mol. The molecule has 1 aliphatic carbocycles. The summed E-state index contributed by atoms with van der Waals surface area (Å²) in [4.78, 5) is 0. The highest BCUT2D eigenvalue weighted by molar-refractivity contribution is 7.90. The van der Waals surface area contributed by atoms with Crippen molar-refractivity contribution in [1.29, 1.82) is 0 Å². The number of hydrogen-bond donors (Lipinski definition) is 2. The minimum absolute atomic E-state index is 0.401. The molecule has 21 heavy (non-hydrogen) atoms. The number of rotatable bonds is 6. The van der Waals surface area contributed by atoms with Crippen molar-refractivity contribution in [3.63, 3.8) is 0 Å². The van der Waals surface area contributed by atoms with E-state index in [1.165, 1.54) is 17.1 Å². The van der Waals surface area contributed by atoms with E-state index in [1.807, 2.05) is 18.2 Å². The topological polar surface area (TPSA) is 70.7 Å². The van der Waals surface area contributed by atoms with Crippen LogP contribution in [-0.2, 0) is 21.5 Å². The van der Waals surface area contributed by atoms with Crippen molar-refractivity contribution < 1.29 is 13.2 Å². The largest absolute Gasteiger partial charge is 0.379 e. The smallest absolute Gasteiger partial charge is 0.301 e. The maximum absolute atomic E-state index is 12.3. The van der Waals surface area contributed by atoms with Gasteiger partial charge in [-0.2, -0.15) is 12.7 Å². The molecule has 1 saturated heterocycles. The van der Waals surface area contributed by atoms with E-state index in [9.17, 15) is 8.42 Å². The summed E-state index contributed by atoms with van der Waals surface area (Å²) in [5.41, 5.74) is 1.70. The molecular weight excluding hydrogens is 290 g/mol. The summed E-state index contributed by atoms with van der Waals surface area (Å²) in [5.74, 6) is 0. The lowest BCUT2D eigenvalue weighted by molar-refractivity contribution is 0.0733. The van der Waals surface area contributed by atoms with Crippen molar-refractivity contribution in [2.24, 2.45) is 0 Å². The molecule has 2 N–H and O–H groups in total. The molecule has 1 aliphatic heterocycles. The van der Waals surface area contributed by atoms with Crippen LogP contribution in [0.4, 0.5) is 5.69 Å². The SMILES string of the molecule is O=S(=O)(Nc1cccc(CNC2CC2)c1)N1CCOCC1. The first kappa shape index (κ1) is 14.8. The van der Waals surface area contributed by atoms with Crippen LogP contribution in [0.2, 0.25) is 0 Å². The Balaban J connectivity index is 1.63. The lowest BCUT2D eigenvalue weighted by Crippen LogP contribution is -2.43. The van der Waals surface area contributed by atoms with Gasteiger partial charge in [-0.05, 0) is 30.5 Å². The average Bonchev–Trinajstić information content (AvgIpc) is 3.30. The molecule has 0 radical (unpaired) electrons. The van der Waals surface area contributed by atoms with E-state index in [0.29, 0.717) is 38.0 Å². The van der Waals surface area contributed by atoms with E-state index >= 15 is 0 Å². The van der Waals surface area contributed by atoms with Gasteiger partial charge in [0.1, 0.15) is 0 Å². The fourth-order valence-corrected chi connectivity index (χ4v) is 3.48. The molecule has 2 aliphatic rings. The fourth-order valence-electron chi connectivity index (χ4n) is 2.29. The Hall–Kier alpha value is -1.15. The highest BCUT2D eigenvalue weighted by Crippen LogP contribution is 2.20. The predicted octanol–water partition coefficient (Wildman–Crippen LogP) is 0.927. The Morgan fingerprint density at radius 1 is 1.24 bits per heavy atom. The molecule has 2 fully saturated rings. The zero-order chi connectivity index (χ0) is 14.7. The molecule has 0 amide bonds. The van der Waals surface area contributed by atoms with E-state index < -0.39 is 10.2 Å².